The molecule has 1 N–H and O–H groups in total. The maximum atomic E-state index is 13.8. The molecule has 3 aliphatic heterocycles. The van der Waals surface area contributed by atoms with Gasteiger partial charge in [-0.1, -0.05) is 41.9 Å². The normalized spacial score (nSPS) is 25.8. The highest BCUT2D eigenvalue weighted by atomic mass is 35.5. The third-order valence-corrected chi connectivity index (χ3v) is 7.82. The monoisotopic (exact) mass is 495 g/mol. The lowest BCUT2D eigenvalue weighted by Crippen LogP contribution is -2.60. The topological polar surface area (TPSA) is 59.1 Å². The summed E-state index contributed by atoms with van der Waals surface area (Å²) in [6.45, 7) is 9.51. The molecule has 0 aliphatic carbocycles. The lowest BCUT2D eigenvalue weighted by Gasteiger charge is -2.43. The number of nitrogens with zero attached hydrogens (tertiary/aromatic N) is 4. The molecule has 0 spiro atoms. The lowest BCUT2D eigenvalue weighted by molar-refractivity contribution is -0.141. The summed E-state index contributed by atoms with van der Waals surface area (Å²) in [6, 6.07) is 17.7. The molecule has 186 valence electrons. The molecule has 3 fully saturated rings. The lowest BCUT2D eigenvalue weighted by atomic mass is 9.83. The maximum Gasteiger partial charge on any atom is 0.247 e. The molecule has 3 heterocycles. The van der Waals surface area contributed by atoms with Gasteiger partial charge in [0.15, 0.2) is 0 Å². The summed E-state index contributed by atoms with van der Waals surface area (Å²) in [4.78, 5) is 33.9. The fourth-order valence-corrected chi connectivity index (χ4v) is 5.78. The van der Waals surface area contributed by atoms with Crippen molar-refractivity contribution < 1.29 is 9.59 Å². The predicted molar refractivity (Wildman–Crippen MR) is 138 cm³/mol. The van der Waals surface area contributed by atoms with Crippen molar-refractivity contribution in [3.05, 3.63) is 65.2 Å². The van der Waals surface area contributed by atoms with E-state index in [0.29, 0.717) is 26.2 Å². The zero-order valence-electron chi connectivity index (χ0n) is 20.4. The Morgan fingerprint density at radius 3 is 2.46 bits per heavy atom. The molecule has 0 aromatic heterocycles. The van der Waals surface area contributed by atoms with E-state index in [0.717, 1.165) is 30.3 Å². The molecule has 2 amide bonds. The molecule has 2 aromatic rings. The Hall–Kier alpha value is -2.45. The fraction of sp³-hybridized carbons (Fsp3) is 0.481. The first-order valence-corrected chi connectivity index (χ1v) is 12.9. The average molecular weight is 496 g/mol. The van der Waals surface area contributed by atoms with Crippen LogP contribution >= 0.6 is 11.6 Å². The van der Waals surface area contributed by atoms with E-state index in [4.69, 9.17) is 11.6 Å². The van der Waals surface area contributed by atoms with Gasteiger partial charge in [0, 0.05) is 56.9 Å². The van der Waals surface area contributed by atoms with Gasteiger partial charge in [0.05, 0.1) is 23.6 Å². The second kappa shape index (κ2) is 10.3. The smallest absolute Gasteiger partial charge is 0.247 e. The number of para-hydroxylation sites is 1. The van der Waals surface area contributed by atoms with Gasteiger partial charge in [-0.3, -0.25) is 19.4 Å². The van der Waals surface area contributed by atoms with E-state index in [1.165, 1.54) is 5.56 Å². The number of anilines is 1. The van der Waals surface area contributed by atoms with E-state index in [1.54, 1.807) is 5.01 Å². The Balaban J connectivity index is 1.28. The highest BCUT2D eigenvalue weighted by Gasteiger charge is 2.52. The number of hydrazine groups is 1. The number of halogens is 1. The fourth-order valence-electron chi connectivity index (χ4n) is 5.56. The van der Waals surface area contributed by atoms with Crippen LogP contribution in [0.5, 0.6) is 0 Å². The van der Waals surface area contributed by atoms with Crippen LogP contribution in [-0.4, -0.2) is 77.9 Å². The minimum atomic E-state index is -0.256. The van der Waals surface area contributed by atoms with E-state index in [9.17, 15) is 9.59 Å². The molecule has 0 bridgehead atoms. The highest BCUT2D eigenvalue weighted by Crippen LogP contribution is 2.33. The van der Waals surface area contributed by atoms with Gasteiger partial charge in [-0.25, -0.2) is 10.4 Å². The molecule has 7 nitrogen and oxygen atoms in total. The summed E-state index contributed by atoms with van der Waals surface area (Å²) in [5.74, 6) is -0.281. The number of fused-ring (bicyclic) bond motifs is 1. The van der Waals surface area contributed by atoms with Gasteiger partial charge in [-0.05, 0) is 43.7 Å². The van der Waals surface area contributed by atoms with Gasteiger partial charge in [0.25, 0.3) is 0 Å². The standard InChI is InChI=1S/C27H34ClN5O2/c1-19(2)32-17-23(25-24(18-32)27(35)33(29-25)22-9-4-3-5-10-22)26(34)31-13-11-30(12-14-31)16-20-7-6-8-21(28)15-20/h3-10,15,19,23-25,29H,11-14,16-18H2,1-2H3. The summed E-state index contributed by atoms with van der Waals surface area (Å²) in [5, 5.41) is 2.41. The van der Waals surface area contributed by atoms with Crippen LogP contribution in [0.2, 0.25) is 5.02 Å². The first-order chi connectivity index (χ1) is 16.9. The van der Waals surface area contributed by atoms with Gasteiger partial charge >= 0.3 is 0 Å². The number of piperidine rings is 1. The van der Waals surface area contributed by atoms with Gasteiger partial charge in [0.1, 0.15) is 0 Å². The third-order valence-electron chi connectivity index (χ3n) is 7.59. The number of amides is 2. The van der Waals surface area contributed by atoms with Crippen LogP contribution in [0.3, 0.4) is 0 Å². The van der Waals surface area contributed by atoms with Crippen LogP contribution in [0.1, 0.15) is 19.4 Å². The highest BCUT2D eigenvalue weighted by molar-refractivity contribution is 6.30. The van der Waals surface area contributed by atoms with Crippen molar-refractivity contribution in [2.45, 2.75) is 32.5 Å². The first-order valence-electron chi connectivity index (χ1n) is 12.6. The van der Waals surface area contributed by atoms with Gasteiger partial charge in [0.2, 0.25) is 11.8 Å². The minimum absolute atomic E-state index is 0.0516. The summed E-state index contributed by atoms with van der Waals surface area (Å²) < 4.78 is 0. The third kappa shape index (κ3) is 5.09. The van der Waals surface area contributed by atoms with E-state index in [1.807, 2.05) is 53.4 Å². The Bertz CT molecular complexity index is 1060. The number of hydrogen-bond acceptors (Lipinski definition) is 5. The second-order valence-electron chi connectivity index (χ2n) is 10.2. The van der Waals surface area contributed by atoms with E-state index < -0.39 is 0 Å². The number of carbonyl (C=O) groups excluding carboxylic acids is 2. The van der Waals surface area contributed by atoms with Crippen LogP contribution in [0.4, 0.5) is 5.69 Å². The van der Waals surface area contributed by atoms with Crippen molar-refractivity contribution in [2.24, 2.45) is 11.8 Å². The molecule has 3 aliphatic rings. The minimum Gasteiger partial charge on any atom is -0.340 e. The van der Waals surface area contributed by atoms with E-state index in [-0.39, 0.29) is 35.7 Å². The zero-order valence-corrected chi connectivity index (χ0v) is 21.2. The molecule has 3 saturated heterocycles. The molecule has 2 aromatic carbocycles. The van der Waals surface area contributed by atoms with Crippen molar-refractivity contribution in [1.82, 2.24) is 20.1 Å². The summed E-state index contributed by atoms with van der Waals surface area (Å²) in [5.41, 5.74) is 5.43. The SMILES string of the molecule is CC(C)N1CC(C(=O)N2CCN(Cc3cccc(Cl)c3)CC2)C2NN(c3ccccc3)C(=O)C2C1. The van der Waals surface area contributed by atoms with Crippen LogP contribution < -0.4 is 10.4 Å². The molecule has 0 saturated carbocycles. The first kappa shape index (κ1) is 24.3. The Labute approximate surface area is 212 Å². The van der Waals surface area contributed by atoms with Crippen molar-refractivity contribution >= 4 is 29.1 Å². The van der Waals surface area contributed by atoms with Crippen molar-refractivity contribution in [2.75, 3.05) is 44.3 Å². The summed E-state index contributed by atoms with van der Waals surface area (Å²) in [6.07, 6.45) is 0. The van der Waals surface area contributed by atoms with Crippen molar-refractivity contribution in [1.29, 1.82) is 0 Å². The Kier molecular flexibility index (Phi) is 7.12. The number of likely N-dealkylation sites (tertiary alicyclic amines) is 1. The number of hydrogen-bond donors (Lipinski definition) is 1. The van der Waals surface area contributed by atoms with E-state index in [2.05, 4.69) is 35.1 Å². The largest absolute Gasteiger partial charge is 0.340 e. The molecule has 8 heteroatoms. The number of carbonyl (C=O) groups is 2. The quantitative estimate of drug-likeness (QED) is 0.691. The van der Waals surface area contributed by atoms with Crippen LogP contribution in [0, 0.1) is 11.8 Å². The van der Waals surface area contributed by atoms with Crippen molar-refractivity contribution in [3.63, 3.8) is 0 Å². The molecule has 35 heavy (non-hydrogen) atoms. The summed E-state index contributed by atoms with van der Waals surface area (Å²) >= 11 is 6.14. The van der Waals surface area contributed by atoms with Gasteiger partial charge in [-0.2, -0.15) is 0 Å². The van der Waals surface area contributed by atoms with Gasteiger partial charge in [-0.15, -0.1) is 0 Å². The molecule has 3 atom stereocenters. The maximum absolute atomic E-state index is 13.8. The summed E-state index contributed by atoms with van der Waals surface area (Å²) in [7, 11) is 0. The predicted octanol–water partition coefficient (Wildman–Crippen LogP) is 2.86. The molecular formula is C27H34ClN5O2. The molecular weight excluding hydrogens is 462 g/mol. The Morgan fingerprint density at radius 1 is 1.03 bits per heavy atom. The number of benzene rings is 2. The van der Waals surface area contributed by atoms with Crippen molar-refractivity contribution in [3.8, 4) is 0 Å². The number of piperazine rings is 1. The van der Waals surface area contributed by atoms with Gasteiger partial charge < -0.3 is 4.90 Å². The number of rotatable bonds is 5. The Morgan fingerprint density at radius 2 is 1.77 bits per heavy atom. The molecule has 5 rings (SSSR count). The molecule has 3 unspecified atom stereocenters. The zero-order chi connectivity index (χ0) is 24.5. The van der Waals surface area contributed by atoms with Crippen LogP contribution in [0.15, 0.2) is 54.6 Å². The van der Waals surface area contributed by atoms with E-state index >= 15 is 0 Å². The second-order valence-corrected chi connectivity index (χ2v) is 10.6. The number of nitrogens with one attached hydrogen (secondary N) is 1. The molecule has 0 radical (unpaired) electrons. The van der Waals surface area contributed by atoms with Crippen LogP contribution in [-0.2, 0) is 16.1 Å². The van der Waals surface area contributed by atoms with Crippen LogP contribution in [0.25, 0.3) is 0 Å². The average Bonchev–Trinajstić information content (AvgIpc) is 3.20.